The molecule has 6 heteroatoms. The quantitative estimate of drug-likeness (QED) is 0.280. The summed E-state index contributed by atoms with van der Waals surface area (Å²) in [5, 5.41) is 2.82. The third-order valence-corrected chi connectivity index (χ3v) is 8.21. The van der Waals surface area contributed by atoms with E-state index in [2.05, 4.69) is 82.0 Å². The van der Waals surface area contributed by atoms with Gasteiger partial charge in [0, 0.05) is 46.4 Å². The number of allylic oxidation sites excluding steroid dienone is 1. The van der Waals surface area contributed by atoms with Crippen LogP contribution in [0.5, 0.6) is 0 Å². The number of rotatable bonds is 3. The lowest BCUT2D eigenvalue weighted by molar-refractivity contribution is -0.115. The SMILES string of the molecule is CC.CC.CCC.CCc1c(C)c2cc3[nH]c(cc4nc(c(C)c5nc(cc1[nH]2)C(C)=C5C(=O)NC)CC4C)c(C)c3CC. The van der Waals surface area contributed by atoms with Crippen LogP contribution in [0, 0.1) is 20.8 Å². The maximum absolute atomic E-state index is 13.0. The molecule has 2 aliphatic rings. The molecule has 5 rings (SSSR count). The molecular weight excluding hydrogens is 542 g/mol. The van der Waals surface area contributed by atoms with Gasteiger partial charge in [0.2, 0.25) is 0 Å². The second-order valence-electron chi connectivity index (χ2n) is 11.1. The van der Waals surface area contributed by atoms with Crippen molar-refractivity contribution in [1.82, 2.24) is 25.3 Å². The van der Waals surface area contributed by atoms with Crippen molar-refractivity contribution >= 4 is 39.1 Å². The topological polar surface area (TPSA) is 86.5 Å². The van der Waals surface area contributed by atoms with Crippen molar-refractivity contribution in [2.45, 2.75) is 122 Å². The Labute approximate surface area is 266 Å². The Balaban J connectivity index is 0.000000893. The predicted molar refractivity (Wildman–Crippen MR) is 191 cm³/mol. The molecule has 0 aliphatic carbocycles. The first-order chi connectivity index (χ1) is 21.1. The highest BCUT2D eigenvalue weighted by Gasteiger charge is 2.27. The molecule has 3 aromatic rings. The molecule has 0 aromatic carbocycles. The van der Waals surface area contributed by atoms with Gasteiger partial charge in [0.1, 0.15) is 0 Å². The number of hydrogen-bond acceptors (Lipinski definition) is 3. The fraction of sp³-hybridized carbons (Fsp3) is 0.500. The second kappa shape index (κ2) is 16.4. The maximum Gasteiger partial charge on any atom is 0.253 e. The Morgan fingerprint density at radius 1 is 0.795 bits per heavy atom. The Kier molecular flexibility index (Phi) is 13.6. The van der Waals surface area contributed by atoms with Crippen LogP contribution >= 0.6 is 0 Å². The summed E-state index contributed by atoms with van der Waals surface area (Å²) in [6.45, 7) is 27.3. The van der Waals surface area contributed by atoms with Crippen LogP contribution in [0.25, 0.3) is 33.2 Å². The summed E-state index contributed by atoms with van der Waals surface area (Å²) < 4.78 is 0. The summed E-state index contributed by atoms with van der Waals surface area (Å²) in [5.74, 6) is 0.166. The van der Waals surface area contributed by atoms with Gasteiger partial charge in [-0.25, -0.2) is 4.98 Å². The van der Waals surface area contributed by atoms with Gasteiger partial charge in [-0.2, -0.15) is 0 Å². The fourth-order valence-corrected chi connectivity index (χ4v) is 5.87. The Bertz CT molecular complexity index is 1650. The van der Waals surface area contributed by atoms with Crippen LogP contribution in [0.4, 0.5) is 0 Å². The fourth-order valence-electron chi connectivity index (χ4n) is 5.87. The van der Waals surface area contributed by atoms with Crippen molar-refractivity contribution in [1.29, 1.82) is 0 Å². The standard InChI is InChI=1S/C31H37N5O.C3H8.2C2H6/c1-9-20-16(4)24-12-22-15(3)11-23(33-22)19(7)30-29(31(37)32-8)18(6)26(36-30)14-28-21(10-2)17(5)25(35-28)13-27(20)34-24;1-3-2;2*1-2/h12-15,34-35H,9-11H2,1-8H3,(H,32,37);3H2,1-2H3;2*1-2H3. The van der Waals surface area contributed by atoms with E-state index in [1.807, 2.05) is 41.5 Å². The number of nitrogens with zero attached hydrogens (tertiary/aromatic N) is 2. The molecule has 6 nitrogen and oxygen atoms in total. The van der Waals surface area contributed by atoms with Gasteiger partial charge in [0.15, 0.2) is 0 Å². The van der Waals surface area contributed by atoms with E-state index in [4.69, 9.17) is 9.97 Å². The largest absolute Gasteiger partial charge is 0.355 e. The van der Waals surface area contributed by atoms with Crippen molar-refractivity contribution in [3.05, 3.63) is 68.8 Å². The van der Waals surface area contributed by atoms with Crippen molar-refractivity contribution in [3.8, 4) is 0 Å². The van der Waals surface area contributed by atoms with Gasteiger partial charge in [-0.1, -0.05) is 68.7 Å². The molecule has 3 N–H and O–H groups in total. The van der Waals surface area contributed by atoms with Crippen LogP contribution in [-0.4, -0.2) is 32.9 Å². The molecule has 2 aliphatic heterocycles. The number of H-pyrrole nitrogens is 2. The van der Waals surface area contributed by atoms with Crippen molar-refractivity contribution < 1.29 is 4.79 Å². The van der Waals surface area contributed by atoms with E-state index in [1.165, 1.54) is 28.7 Å². The number of nitrogens with one attached hydrogen (secondary N) is 3. The molecular formula is C38H57N5O. The number of fused-ring (bicyclic) bond motifs is 8. The lowest BCUT2D eigenvalue weighted by atomic mass is 9.99. The average molecular weight is 600 g/mol. The van der Waals surface area contributed by atoms with E-state index in [1.54, 1.807) is 7.05 Å². The summed E-state index contributed by atoms with van der Waals surface area (Å²) in [6, 6.07) is 6.54. The first-order valence-corrected chi connectivity index (χ1v) is 16.7. The Morgan fingerprint density at radius 2 is 1.30 bits per heavy atom. The molecule has 44 heavy (non-hydrogen) atoms. The zero-order valence-corrected chi connectivity index (χ0v) is 29.9. The lowest BCUT2D eigenvalue weighted by Gasteiger charge is -2.06. The van der Waals surface area contributed by atoms with E-state index in [9.17, 15) is 4.79 Å². The molecule has 1 amide bonds. The molecule has 1 unspecified atom stereocenters. The summed E-state index contributed by atoms with van der Waals surface area (Å²) in [6.07, 6.45) is 3.93. The second-order valence-corrected chi connectivity index (χ2v) is 11.1. The van der Waals surface area contributed by atoms with Gasteiger partial charge in [-0.05, 0) is 98.5 Å². The smallest absolute Gasteiger partial charge is 0.253 e. The predicted octanol–water partition coefficient (Wildman–Crippen LogP) is 9.86. The molecule has 0 saturated heterocycles. The number of aromatic nitrogens is 4. The summed E-state index contributed by atoms with van der Waals surface area (Å²) >= 11 is 0. The van der Waals surface area contributed by atoms with E-state index >= 15 is 0 Å². The zero-order valence-electron chi connectivity index (χ0n) is 29.9. The van der Waals surface area contributed by atoms with Crippen LogP contribution < -0.4 is 5.32 Å². The highest BCUT2D eigenvalue weighted by molar-refractivity contribution is 6.27. The first-order valence-electron chi connectivity index (χ1n) is 16.7. The molecule has 1 atom stereocenters. The number of likely N-dealkylation sites (N-methyl/N-ethyl adjacent to an activating group) is 1. The monoisotopic (exact) mass is 599 g/mol. The van der Waals surface area contributed by atoms with Gasteiger partial charge in [-0.3, -0.25) is 9.78 Å². The number of aryl methyl sites for hydroxylation is 4. The third kappa shape index (κ3) is 7.17. The molecule has 3 aromatic heterocycles. The van der Waals surface area contributed by atoms with Crippen LogP contribution in [0.1, 0.15) is 132 Å². The van der Waals surface area contributed by atoms with Crippen molar-refractivity contribution in [2.24, 2.45) is 0 Å². The number of aromatic amines is 2. The van der Waals surface area contributed by atoms with E-state index < -0.39 is 0 Å². The highest BCUT2D eigenvalue weighted by Crippen LogP contribution is 2.35. The van der Waals surface area contributed by atoms with Crippen LogP contribution in [0.3, 0.4) is 0 Å². The summed E-state index contributed by atoms with van der Waals surface area (Å²) in [4.78, 5) is 30.5. The number of carbonyl (C=O) groups excluding carboxylic acids is 1. The average Bonchev–Trinajstić information content (AvgIpc) is 3.73. The van der Waals surface area contributed by atoms with Gasteiger partial charge in [-0.15, -0.1) is 0 Å². The Morgan fingerprint density at radius 3 is 1.80 bits per heavy atom. The minimum absolute atomic E-state index is 0.118. The van der Waals surface area contributed by atoms with Crippen LogP contribution in [-0.2, 0) is 24.1 Å². The zero-order chi connectivity index (χ0) is 33.3. The van der Waals surface area contributed by atoms with Gasteiger partial charge in [0.25, 0.3) is 5.91 Å². The molecule has 240 valence electrons. The number of carbonyl (C=O) groups is 1. The van der Waals surface area contributed by atoms with Gasteiger partial charge >= 0.3 is 0 Å². The van der Waals surface area contributed by atoms with E-state index in [-0.39, 0.29) is 11.8 Å². The van der Waals surface area contributed by atoms with Gasteiger partial charge < -0.3 is 15.3 Å². The molecule has 8 bridgehead atoms. The molecule has 0 radical (unpaired) electrons. The number of amides is 1. The molecule has 0 spiro atoms. The maximum atomic E-state index is 13.0. The van der Waals surface area contributed by atoms with Crippen molar-refractivity contribution in [3.63, 3.8) is 0 Å². The minimum Gasteiger partial charge on any atom is -0.355 e. The van der Waals surface area contributed by atoms with E-state index in [0.29, 0.717) is 5.57 Å². The first kappa shape index (κ1) is 36.5. The molecule has 0 fully saturated rings. The number of hydrogen-bond donors (Lipinski definition) is 3. The van der Waals surface area contributed by atoms with Gasteiger partial charge in [0.05, 0.1) is 17.0 Å². The van der Waals surface area contributed by atoms with E-state index in [0.717, 1.165) is 75.2 Å². The minimum atomic E-state index is -0.118. The normalized spacial score (nSPS) is 13.6. The molecule has 5 heterocycles. The summed E-state index contributed by atoms with van der Waals surface area (Å²) in [5.41, 5.74) is 15.6. The van der Waals surface area contributed by atoms with Crippen LogP contribution in [0.2, 0.25) is 0 Å². The van der Waals surface area contributed by atoms with Crippen molar-refractivity contribution in [2.75, 3.05) is 7.05 Å². The third-order valence-electron chi connectivity index (χ3n) is 8.21. The summed E-state index contributed by atoms with van der Waals surface area (Å²) in [7, 11) is 1.67. The lowest BCUT2D eigenvalue weighted by Crippen LogP contribution is -2.19. The Hall–Kier alpha value is -3.67. The van der Waals surface area contributed by atoms with Crippen LogP contribution in [0.15, 0.2) is 18.2 Å². The molecule has 0 saturated carbocycles. The highest BCUT2D eigenvalue weighted by atomic mass is 16.1.